The van der Waals surface area contributed by atoms with Crippen molar-refractivity contribution in [3.8, 4) is 11.5 Å². The van der Waals surface area contributed by atoms with E-state index in [4.69, 9.17) is 9.47 Å². The zero-order valence-corrected chi connectivity index (χ0v) is 13.8. The molecule has 1 aromatic heterocycles. The Balaban J connectivity index is 1.32. The summed E-state index contributed by atoms with van der Waals surface area (Å²) in [6.45, 7) is 1.97. The SMILES string of the molecule is O=C(/C=C/c1ccc2c(c1)OCO2)N[C@@H]1CCN(c2nccs2)C1. The highest BCUT2D eigenvalue weighted by Gasteiger charge is 2.24. The topological polar surface area (TPSA) is 63.7 Å². The number of nitrogens with zero attached hydrogens (tertiary/aromatic N) is 2. The van der Waals surface area contributed by atoms with Crippen molar-refractivity contribution in [2.75, 3.05) is 24.8 Å². The van der Waals surface area contributed by atoms with Gasteiger partial charge in [-0.25, -0.2) is 4.98 Å². The number of thiazole rings is 1. The molecule has 0 bridgehead atoms. The molecule has 2 aromatic rings. The van der Waals surface area contributed by atoms with E-state index < -0.39 is 0 Å². The second-order valence-electron chi connectivity index (χ2n) is 5.70. The van der Waals surface area contributed by atoms with Crippen LogP contribution in [-0.2, 0) is 4.79 Å². The molecular weight excluding hydrogens is 326 g/mol. The maximum absolute atomic E-state index is 12.1. The smallest absolute Gasteiger partial charge is 0.244 e. The van der Waals surface area contributed by atoms with Crippen LogP contribution in [-0.4, -0.2) is 36.8 Å². The Morgan fingerprint density at radius 2 is 2.29 bits per heavy atom. The number of fused-ring (bicyclic) bond motifs is 1. The molecule has 0 aliphatic carbocycles. The molecule has 2 aliphatic rings. The summed E-state index contributed by atoms with van der Waals surface area (Å²) in [5.74, 6) is 1.37. The van der Waals surface area contributed by atoms with Gasteiger partial charge in [0.2, 0.25) is 12.7 Å². The summed E-state index contributed by atoms with van der Waals surface area (Å²) in [7, 11) is 0. The van der Waals surface area contributed by atoms with E-state index in [2.05, 4.69) is 15.2 Å². The molecule has 4 rings (SSSR count). The van der Waals surface area contributed by atoms with E-state index in [1.165, 1.54) is 0 Å². The molecule has 0 spiro atoms. The number of anilines is 1. The Kier molecular flexibility index (Phi) is 4.08. The predicted molar refractivity (Wildman–Crippen MR) is 92.5 cm³/mol. The quantitative estimate of drug-likeness (QED) is 0.863. The minimum atomic E-state index is -0.0846. The lowest BCUT2D eigenvalue weighted by Crippen LogP contribution is -2.36. The first-order chi connectivity index (χ1) is 11.8. The average molecular weight is 343 g/mol. The Morgan fingerprint density at radius 3 is 3.17 bits per heavy atom. The molecule has 0 unspecified atom stereocenters. The van der Waals surface area contributed by atoms with Gasteiger partial charge in [-0.05, 0) is 30.2 Å². The normalized spacial score (nSPS) is 19.2. The van der Waals surface area contributed by atoms with Gasteiger partial charge in [-0.3, -0.25) is 4.79 Å². The summed E-state index contributed by atoms with van der Waals surface area (Å²) < 4.78 is 10.6. The maximum atomic E-state index is 12.1. The zero-order chi connectivity index (χ0) is 16.4. The van der Waals surface area contributed by atoms with Crippen molar-refractivity contribution in [1.29, 1.82) is 0 Å². The summed E-state index contributed by atoms with van der Waals surface area (Å²) in [5.41, 5.74) is 0.908. The molecule has 1 saturated heterocycles. The number of benzene rings is 1. The average Bonchev–Trinajstić information content (AvgIpc) is 3.32. The largest absolute Gasteiger partial charge is 0.454 e. The molecule has 0 radical (unpaired) electrons. The minimum absolute atomic E-state index is 0.0846. The second kappa shape index (κ2) is 6.52. The van der Waals surface area contributed by atoms with Crippen LogP contribution in [0.1, 0.15) is 12.0 Å². The van der Waals surface area contributed by atoms with Crippen LogP contribution in [0.15, 0.2) is 35.9 Å². The van der Waals surface area contributed by atoms with Crippen molar-refractivity contribution in [3.63, 3.8) is 0 Å². The first-order valence-electron chi connectivity index (χ1n) is 7.80. The summed E-state index contributed by atoms with van der Waals surface area (Å²) in [6, 6.07) is 5.77. The van der Waals surface area contributed by atoms with Crippen LogP contribution < -0.4 is 19.7 Å². The van der Waals surface area contributed by atoms with Crippen LogP contribution in [0, 0.1) is 0 Å². The molecule has 0 saturated carbocycles. The number of rotatable bonds is 4. The third-order valence-corrected chi connectivity index (χ3v) is 4.88. The first kappa shape index (κ1) is 15.0. The van der Waals surface area contributed by atoms with Gasteiger partial charge < -0.3 is 19.7 Å². The Hall–Kier alpha value is -2.54. The Labute approximate surface area is 143 Å². The molecule has 6 nitrogen and oxygen atoms in total. The van der Waals surface area contributed by atoms with Crippen molar-refractivity contribution in [1.82, 2.24) is 10.3 Å². The highest BCUT2D eigenvalue weighted by atomic mass is 32.1. The first-order valence-corrected chi connectivity index (χ1v) is 8.68. The second-order valence-corrected chi connectivity index (χ2v) is 6.57. The fourth-order valence-electron chi connectivity index (χ4n) is 2.86. The van der Waals surface area contributed by atoms with Crippen LogP contribution in [0.5, 0.6) is 11.5 Å². The number of hydrogen-bond donors (Lipinski definition) is 1. The van der Waals surface area contributed by atoms with Crippen LogP contribution in [0.4, 0.5) is 5.13 Å². The molecule has 3 heterocycles. The van der Waals surface area contributed by atoms with Crippen LogP contribution in [0.3, 0.4) is 0 Å². The van der Waals surface area contributed by atoms with Gasteiger partial charge in [0.1, 0.15) is 0 Å². The number of ether oxygens (including phenoxy) is 2. The van der Waals surface area contributed by atoms with E-state index in [9.17, 15) is 4.79 Å². The fourth-order valence-corrected chi connectivity index (χ4v) is 3.54. The van der Waals surface area contributed by atoms with Gasteiger partial charge in [0.15, 0.2) is 16.6 Å². The molecule has 124 valence electrons. The van der Waals surface area contributed by atoms with Crippen molar-refractivity contribution in [2.24, 2.45) is 0 Å². The van der Waals surface area contributed by atoms with Crippen LogP contribution >= 0.6 is 11.3 Å². The van der Waals surface area contributed by atoms with Gasteiger partial charge in [0.05, 0.1) is 0 Å². The van der Waals surface area contributed by atoms with E-state index in [0.29, 0.717) is 5.75 Å². The Morgan fingerprint density at radius 1 is 1.38 bits per heavy atom. The van der Waals surface area contributed by atoms with E-state index >= 15 is 0 Å². The molecular formula is C17H17N3O3S. The van der Waals surface area contributed by atoms with E-state index in [1.807, 2.05) is 23.6 Å². The van der Waals surface area contributed by atoms with Crippen molar-refractivity contribution in [2.45, 2.75) is 12.5 Å². The molecule has 1 fully saturated rings. The summed E-state index contributed by atoms with van der Waals surface area (Å²) in [4.78, 5) is 18.6. The van der Waals surface area contributed by atoms with Crippen LogP contribution in [0.2, 0.25) is 0 Å². The summed E-state index contributed by atoms with van der Waals surface area (Å²) in [5, 5.41) is 6.03. The number of nitrogens with one attached hydrogen (secondary N) is 1. The van der Waals surface area contributed by atoms with Gasteiger partial charge in [-0.1, -0.05) is 6.07 Å². The van der Waals surface area contributed by atoms with Crippen molar-refractivity contribution >= 4 is 28.5 Å². The lowest BCUT2D eigenvalue weighted by Gasteiger charge is -2.15. The van der Waals surface area contributed by atoms with Gasteiger partial charge in [-0.2, -0.15) is 0 Å². The minimum Gasteiger partial charge on any atom is -0.454 e. The number of carbonyl (C=O) groups is 1. The highest BCUT2D eigenvalue weighted by Crippen LogP contribution is 2.32. The maximum Gasteiger partial charge on any atom is 0.244 e. The fraction of sp³-hybridized carbons (Fsp3) is 0.294. The van der Waals surface area contributed by atoms with Gasteiger partial charge in [-0.15, -0.1) is 11.3 Å². The van der Waals surface area contributed by atoms with Gasteiger partial charge in [0.25, 0.3) is 0 Å². The number of hydrogen-bond acceptors (Lipinski definition) is 6. The number of carbonyl (C=O) groups excluding carboxylic acids is 1. The lowest BCUT2D eigenvalue weighted by atomic mass is 10.2. The van der Waals surface area contributed by atoms with E-state index in [1.54, 1.807) is 29.7 Å². The highest BCUT2D eigenvalue weighted by molar-refractivity contribution is 7.13. The molecule has 2 aliphatic heterocycles. The molecule has 1 amide bonds. The third kappa shape index (κ3) is 3.21. The molecule has 1 atom stereocenters. The molecule has 7 heteroatoms. The van der Waals surface area contributed by atoms with E-state index in [-0.39, 0.29) is 18.7 Å². The molecule has 1 N–H and O–H groups in total. The zero-order valence-electron chi connectivity index (χ0n) is 13.0. The van der Waals surface area contributed by atoms with E-state index in [0.717, 1.165) is 36.0 Å². The number of aromatic nitrogens is 1. The van der Waals surface area contributed by atoms with Crippen LogP contribution in [0.25, 0.3) is 6.08 Å². The molecule has 1 aromatic carbocycles. The molecule has 24 heavy (non-hydrogen) atoms. The lowest BCUT2D eigenvalue weighted by molar-refractivity contribution is -0.117. The Bertz CT molecular complexity index is 760. The monoisotopic (exact) mass is 343 g/mol. The summed E-state index contributed by atoms with van der Waals surface area (Å²) >= 11 is 1.62. The summed E-state index contributed by atoms with van der Waals surface area (Å²) in [6.07, 6.45) is 6.08. The van der Waals surface area contributed by atoms with Crippen molar-refractivity contribution < 1.29 is 14.3 Å². The van der Waals surface area contributed by atoms with Crippen molar-refractivity contribution in [3.05, 3.63) is 41.4 Å². The third-order valence-electron chi connectivity index (χ3n) is 4.05. The predicted octanol–water partition coefficient (Wildman–Crippen LogP) is 2.28. The van der Waals surface area contributed by atoms with Gasteiger partial charge in [0, 0.05) is 36.8 Å². The van der Waals surface area contributed by atoms with Gasteiger partial charge >= 0.3 is 0 Å². The standard InChI is InChI=1S/C17H17N3O3S/c21-16(4-2-12-1-3-14-15(9-12)23-11-22-14)19-13-5-7-20(10-13)17-18-6-8-24-17/h1-4,6,8-9,13H,5,7,10-11H2,(H,19,21)/b4-2+/t13-/m1/s1. The number of amides is 1.